The van der Waals surface area contributed by atoms with Gasteiger partial charge >= 0.3 is 5.69 Å². The van der Waals surface area contributed by atoms with E-state index in [0.29, 0.717) is 35.9 Å². The van der Waals surface area contributed by atoms with Crippen LogP contribution in [0.25, 0.3) is 16.9 Å². The van der Waals surface area contributed by atoms with E-state index >= 15 is 0 Å². The van der Waals surface area contributed by atoms with E-state index < -0.39 is 0 Å². The van der Waals surface area contributed by atoms with E-state index in [1.807, 2.05) is 42.5 Å². The smallest absolute Gasteiger partial charge is 0.332 e. The number of aromatic nitrogens is 5. The molecule has 31 heavy (non-hydrogen) atoms. The summed E-state index contributed by atoms with van der Waals surface area (Å²) in [7, 11) is 3.32. The van der Waals surface area contributed by atoms with E-state index in [1.54, 1.807) is 14.2 Å². The van der Waals surface area contributed by atoms with Crippen LogP contribution in [0.2, 0.25) is 0 Å². The van der Waals surface area contributed by atoms with Gasteiger partial charge in [-0.2, -0.15) is 4.98 Å². The van der Waals surface area contributed by atoms with E-state index in [9.17, 15) is 9.59 Å². The lowest BCUT2D eigenvalue weighted by atomic mass is 10.1. The van der Waals surface area contributed by atoms with E-state index in [0.717, 1.165) is 29.1 Å². The Bertz CT molecular complexity index is 1380. The predicted molar refractivity (Wildman–Crippen MR) is 121 cm³/mol. The van der Waals surface area contributed by atoms with E-state index in [-0.39, 0.29) is 11.2 Å². The van der Waals surface area contributed by atoms with Gasteiger partial charge in [0.25, 0.3) is 5.56 Å². The molecule has 8 nitrogen and oxygen atoms in total. The molecule has 0 unspecified atom stereocenters. The fraction of sp³-hybridized carbons (Fsp3) is 0.435. The molecule has 0 saturated heterocycles. The minimum atomic E-state index is -0.324. The highest BCUT2D eigenvalue weighted by atomic mass is 16.5. The molecule has 3 heterocycles. The first-order valence-electron chi connectivity index (χ1n) is 10.5. The van der Waals surface area contributed by atoms with Crippen LogP contribution < -0.4 is 16.0 Å². The second kappa shape index (κ2) is 7.76. The number of hydrogen-bond acceptors (Lipinski definition) is 4. The van der Waals surface area contributed by atoms with Gasteiger partial charge in [-0.3, -0.25) is 18.3 Å². The Labute approximate surface area is 180 Å². The van der Waals surface area contributed by atoms with Crippen LogP contribution >= 0.6 is 0 Å². The summed E-state index contributed by atoms with van der Waals surface area (Å²) in [4.78, 5) is 31.0. The number of rotatable bonds is 6. The lowest BCUT2D eigenvalue weighted by Gasteiger charge is -2.10. The van der Waals surface area contributed by atoms with E-state index in [1.165, 1.54) is 9.13 Å². The van der Waals surface area contributed by atoms with Crippen molar-refractivity contribution in [3.05, 3.63) is 62.1 Å². The summed E-state index contributed by atoms with van der Waals surface area (Å²) in [5.74, 6) is 1.86. The molecule has 0 fully saturated rings. The summed E-state index contributed by atoms with van der Waals surface area (Å²) in [6.07, 6.45) is 0.763. The maximum atomic E-state index is 13.4. The van der Waals surface area contributed by atoms with Crippen LogP contribution in [-0.2, 0) is 20.1 Å². The zero-order chi connectivity index (χ0) is 22.4. The Kier molecular flexibility index (Phi) is 5.24. The Hall–Kier alpha value is -3.29. The highest BCUT2D eigenvalue weighted by Gasteiger charge is 2.22. The molecular weight excluding hydrogens is 394 g/mol. The van der Waals surface area contributed by atoms with Crippen molar-refractivity contribution >= 4 is 16.9 Å². The molecule has 0 N–H and O–H groups in total. The molecule has 0 bridgehead atoms. The molecule has 0 spiro atoms. The summed E-state index contributed by atoms with van der Waals surface area (Å²) >= 11 is 0. The number of hydrogen-bond donors (Lipinski definition) is 0. The normalized spacial score (nSPS) is 11.8. The van der Waals surface area contributed by atoms with Crippen LogP contribution in [0.1, 0.15) is 37.2 Å². The average molecular weight is 424 g/mol. The highest BCUT2D eigenvalue weighted by molar-refractivity contribution is 5.76. The van der Waals surface area contributed by atoms with Gasteiger partial charge in [-0.15, -0.1) is 0 Å². The third-order valence-electron chi connectivity index (χ3n) is 6.06. The van der Waals surface area contributed by atoms with Gasteiger partial charge in [-0.25, -0.2) is 4.79 Å². The molecule has 0 aliphatic heterocycles. The van der Waals surface area contributed by atoms with E-state index in [2.05, 4.69) is 18.4 Å². The zero-order valence-electron chi connectivity index (χ0n) is 19.0. The molecule has 0 aliphatic rings. The SMILES string of the molecule is COc1ccc(Cn2c(C)c(C)n3c4c(=O)n(CCC(C)C)c(=O)n(C)c4nc23)cc1. The number of nitrogens with zero attached hydrogens (tertiary/aromatic N) is 5. The molecule has 164 valence electrons. The van der Waals surface area contributed by atoms with Gasteiger partial charge < -0.3 is 9.30 Å². The minimum Gasteiger partial charge on any atom is -0.497 e. The Morgan fingerprint density at radius 3 is 2.32 bits per heavy atom. The molecule has 0 radical (unpaired) electrons. The quantitative estimate of drug-likeness (QED) is 0.478. The molecule has 8 heteroatoms. The lowest BCUT2D eigenvalue weighted by Crippen LogP contribution is -2.39. The van der Waals surface area contributed by atoms with Gasteiger partial charge in [-0.05, 0) is 43.9 Å². The van der Waals surface area contributed by atoms with Crippen molar-refractivity contribution in [2.24, 2.45) is 13.0 Å². The molecule has 0 aliphatic carbocycles. The van der Waals surface area contributed by atoms with Crippen molar-refractivity contribution in [1.29, 1.82) is 0 Å². The van der Waals surface area contributed by atoms with Crippen molar-refractivity contribution in [2.45, 2.75) is 47.2 Å². The zero-order valence-corrected chi connectivity index (χ0v) is 19.0. The summed E-state index contributed by atoms with van der Waals surface area (Å²) in [6, 6.07) is 7.89. The highest BCUT2D eigenvalue weighted by Crippen LogP contribution is 2.22. The number of imidazole rings is 2. The molecule has 4 aromatic rings. The molecule has 4 rings (SSSR count). The third-order valence-corrected chi connectivity index (χ3v) is 6.06. The van der Waals surface area contributed by atoms with Gasteiger partial charge in [0.1, 0.15) is 5.75 Å². The van der Waals surface area contributed by atoms with Gasteiger partial charge in [0.15, 0.2) is 11.2 Å². The molecule has 0 amide bonds. The minimum absolute atomic E-state index is 0.282. The summed E-state index contributed by atoms with van der Waals surface area (Å²) < 4.78 is 12.0. The fourth-order valence-electron chi connectivity index (χ4n) is 4.00. The number of aryl methyl sites for hydroxylation is 2. The summed E-state index contributed by atoms with van der Waals surface area (Å²) in [5, 5.41) is 0. The van der Waals surface area contributed by atoms with Crippen LogP contribution in [0, 0.1) is 19.8 Å². The summed E-state index contributed by atoms with van der Waals surface area (Å²) in [6.45, 7) is 9.17. The monoisotopic (exact) mass is 423 g/mol. The molecule has 0 atom stereocenters. The van der Waals surface area contributed by atoms with Gasteiger partial charge in [0, 0.05) is 25.0 Å². The maximum absolute atomic E-state index is 13.4. The van der Waals surface area contributed by atoms with Crippen molar-refractivity contribution in [3.63, 3.8) is 0 Å². The van der Waals surface area contributed by atoms with Crippen LogP contribution in [-0.4, -0.2) is 30.2 Å². The van der Waals surface area contributed by atoms with Crippen LogP contribution in [0.4, 0.5) is 0 Å². The van der Waals surface area contributed by atoms with Crippen LogP contribution in [0.15, 0.2) is 33.9 Å². The van der Waals surface area contributed by atoms with Gasteiger partial charge in [-0.1, -0.05) is 26.0 Å². The lowest BCUT2D eigenvalue weighted by molar-refractivity contribution is 0.414. The second-order valence-electron chi connectivity index (χ2n) is 8.51. The Morgan fingerprint density at radius 2 is 1.71 bits per heavy atom. The second-order valence-corrected chi connectivity index (χ2v) is 8.51. The van der Waals surface area contributed by atoms with Gasteiger partial charge in [0.05, 0.1) is 13.7 Å². The van der Waals surface area contributed by atoms with E-state index in [4.69, 9.17) is 9.72 Å². The van der Waals surface area contributed by atoms with Crippen molar-refractivity contribution in [3.8, 4) is 5.75 Å². The Balaban J connectivity index is 1.93. The molecule has 3 aromatic heterocycles. The van der Waals surface area contributed by atoms with Crippen LogP contribution in [0.5, 0.6) is 5.75 Å². The molecule has 0 saturated carbocycles. The van der Waals surface area contributed by atoms with Gasteiger partial charge in [0.2, 0.25) is 5.78 Å². The maximum Gasteiger partial charge on any atom is 0.332 e. The first kappa shape index (κ1) is 21.0. The predicted octanol–water partition coefficient (Wildman–Crippen LogP) is 2.87. The number of ether oxygens (including phenoxy) is 1. The fourth-order valence-corrected chi connectivity index (χ4v) is 4.00. The van der Waals surface area contributed by atoms with Crippen molar-refractivity contribution in [2.75, 3.05) is 7.11 Å². The first-order valence-corrected chi connectivity index (χ1v) is 10.5. The van der Waals surface area contributed by atoms with Crippen molar-refractivity contribution < 1.29 is 4.74 Å². The van der Waals surface area contributed by atoms with Crippen LogP contribution in [0.3, 0.4) is 0 Å². The largest absolute Gasteiger partial charge is 0.497 e. The summed E-state index contributed by atoms with van der Waals surface area (Å²) in [5.41, 5.74) is 3.33. The number of fused-ring (bicyclic) bond motifs is 3. The third kappa shape index (κ3) is 3.36. The molecule has 1 aromatic carbocycles. The van der Waals surface area contributed by atoms with Crippen molar-refractivity contribution in [1.82, 2.24) is 23.1 Å². The average Bonchev–Trinajstić information content (AvgIpc) is 3.24. The topological polar surface area (TPSA) is 75.5 Å². The first-order chi connectivity index (χ1) is 14.7. The molecular formula is C23H29N5O3. The standard InChI is InChI=1S/C23H29N5O3/c1-14(2)11-12-26-21(29)19-20(25(5)23(26)30)24-22-27(15(3)16(4)28(19)22)13-17-7-9-18(31-6)10-8-17/h7-10,14H,11-13H2,1-6H3. The Morgan fingerprint density at radius 1 is 1.03 bits per heavy atom. The number of methoxy groups -OCH3 is 1. The number of benzene rings is 1.